The molecule has 0 aliphatic carbocycles. The molecule has 0 amide bonds. The van der Waals surface area contributed by atoms with Crippen molar-refractivity contribution in [2.24, 2.45) is 0 Å². The van der Waals surface area contributed by atoms with Crippen LogP contribution in [-0.4, -0.2) is 37.1 Å². The number of nitrogens with one attached hydrogen (secondary N) is 1. The fraction of sp³-hybridized carbons (Fsp3) is 0.0952. The van der Waals surface area contributed by atoms with E-state index in [2.05, 4.69) is 19.9 Å². The number of aliphatic hydroxyl groups is 1. The van der Waals surface area contributed by atoms with Gasteiger partial charge in [0, 0.05) is 12.4 Å². The Bertz CT molecular complexity index is 1270. The van der Waals surface area contributed by atoms with Crippen molar-refractivity contribution >= 4 is 33.6 Å². The minimum Gasteiger partial charge on any atom is -0.507 e. The predicted octanol–water partition coefficient (Wildman–Crippen LogP) is 3.54. The first-order valence-electron chi connectivity index (χ1n) is 8.77. The highest BCUT2D eigenvalue weighted by Crippen LogP contribution is 2.22. The quantitative estimate of drug-likeness (QED) is 0.313. The first-order valence-corrected chi connectivity index (χ1v) is 8.77. The van der Waals surface area contributed by atoms with Crippen molar-refractivity contribution < 1.29 is 14.6 Å². The van der Waals surface area contributed by atoms with Gasteiger partial charge in [-0.05, 0) is 37.3 Å². The molecular weight excluding hydrogens is 370 g/mol. The van der Waals surface area contributed by atoms with E-state index in [-0.39, 0.29) is 22.7 Å². The third-order valence-corrected chi connectivity index (χ3v) is 4.37. The number of aliphatic hydroxyl groups excluding tert-OH is 1. The summed E-state index contributed by atoms with van der Waals surface area (Å²) >= 11 is 0. The van der Waals surface area contributed by atoms with Gasteiger partial charge >= 0.3 is 5.97 Å². The Kier molecular flexibility index (Phi) is 4.63. The summed E-state index contributed by atoms with van der Waals surface area (Å²) in [5.74, 6) is -0.839. The molecule has 2 aromatic heterocycles. The van der Waals surface area contributed by atoms with Crippen molar-refractivity contribution in [3.05, 3.63) is 72.0 Å². The number of H-pyrrole nitrogens is 1. The second-order valence-corrected chi connectivity index (χ2v) is 6.28. The summed E-state index contributed by atoms with van der Waals surface area (Å²) in [5, 5.41) is 20.0. The Morgan fingerprint density at radius 1 is 1.14 bits per heavy atom. The van der Waals surface area contributed by atoms with Crippen molar-refractivity contribution in [3.63, 3.8) is 0 Å². The molecule has 2 aromatic carbocycles. The molecule has 142 valence electrons. The van der Waals surface area contributed by atoms with Gasteiger partial charge in [0.15, 0.2) is 17.7 Å². The molecule has 0 radical (unpaired) electrons. The highest BCUT2D eigenvalue weighted by molar-refractivity contribution is 5.93. The number of ether oxygens (including phenoxy) is 1. The smallest absolute Gasteiger partial charge is 0.338 e. The van der Waals surface area contributed by atoms with Crippen LogP contribution in [0.4, 0.5) is 0 Å². The van der Waals surface area contributed by atoms with Gasteiger partial charge < -0.3 is 14.8 Å². The maximum atomic E-state index is 12.5. The molecule has 0 saturated heterocycles. The van der Waals surface area contributed by atoms with E-state index in [0.717, 1.165) is 5.52 Å². The maximum absolute atomic E-state index is 12.5. The van der Waals surface area contributed by atoms with Crippen LogP contribution in [0.1, 0.15) is 23.1 Å². The first-order chi connectivity index (χ1) is 14.1. The Morgan fingerprint density at radius 3 is 2.66 bits per heavy atom. The van der Waals surface area contributed by atoms with Crippen LogP contribution in [0, 0.1) is 11.3 Å². The molecule has 0 aliphatic heterocycles. The zero-order valence-electron chi connectivity index (χ0n) is 15.3. The topological polar surface area (TPSA) is 125 Å². The summed E-state index contributed by atoms with van der Waals surface area (Å²) in [4.78, 5) is 28.1. The van der Waals surface area contributed by atoms with Gasteiger partial charge in [0.2, 0.25) is 0 Å². The van der Waals surface area contributed by atoms with Crippen LogP contribution in [0.3, 0.4) is 0 Å². The number of allylic oxidation sites excluding steroid dienone is 1. The molecule has 8 nitrogen and oxygen atoms in total. The molecule has 0 bridgehead atoms. The van der Waals surface area contributed by atoms with E-state index in [4.69, 9.17) is 4.74 Å². The van der Waals surface area contributed by atoms with E-state index >= 15 is 0 Å². The van der Waals surface area contributed by atoms with Crippen molar-refractivity contribution in [3.8, 4) is 6.07 Å². The Balaban J connectivity index is 1.60. The van der Waals surface area contributed by atoms with Gasteiger partial charge in [-0.1, -0.05) is 12.1 Å². The number of fused-ring (bicyclic) bond motifs is 2. The molecule has 0 saturated carbocycles. The molecule has 1 atom stereocenters. The molecule has 4 rings (SSSR count). The normalized spacial score (nSPS) is 13.0. The molecule has 29 heavy (non-hydrogen) atoms. The number of carbonyl (C=O) groups is 1. The lowest BCUT2D eigenvalue weighted by Crippen LogP contribution is -2.18. The van der Waals surface area contributed by atoms with Crippen LogP contribution in [0.15, 0.2) is 60.6 Å². The van der Waals surface area contributed by atoms with Crippen molar-refractivity contribution in [2.45, 2.75) is 13.0 Å². The minimum atomic E-state index is -1.05. The van der Waals surface area contributed by atoms with Gasteiger partial charge in [0.25, 0.3) is 0 Å². The summed E-state index contributed by atoms with van der Waals surface area (Å²) in [6.07, 6.45) is 2.04. The number of imidazole rings is 1. The summed E-state index contributed by atoms with van der Waals surface area (Å²) in [6, 6.07) is 14.0. The average molecular weight is 385 g/mol. The predicted molar refractivity (Wildman–Crippen MR) is 106 cm³/mol. The molecule has 2 heterocycles. The fourth-order valence-electron chi connectivity index (χ4n) is 2.88. The van der Waals surface area contributed by atoms with E-state index in [1.54, 1.807) is 30.5 Å². The number of benzene rings is 2. The number of nitriles is 1. The number of hydrogen-bond donors (Lipinski definition) is 2. The number of rotatable bonds is 4. The van der Waals surface area contributed by atoms with Gasteiger partial charge in [-0.25, -0.2) is 9.78 Å². The van der Waals surface area contributed by atoms with Crippen LogP contribution < -0.4 is 0 Å². The van der Waals surface area contributed by atoms with E-state index in [0.29, 0.717) is 16.6 Å². The highest BCUT2D eigenvalue weighted by Gasteiger charge is 2.22. The highest BCUT2D eigenvalue weighted by atomic mass is 16.6. The summed E-state index contributed by atoms with van der Waals surface area (Å²) < 4.78 is 5.34. The van der Waals surface area contributed by atoms with Gasteiger partial charge in [-0.3, -0.25) is 9.97 Å². The number of hydrogen-bond acceptors (Lipinski definition) is 7. The summed E-state index contributed by atoms with van der Waals surface area (Å²) in [6.45, 7) is 1.48. The lowest BCUT2D eigenvalue weighted by Gasteiger charge is -2.13. The molecule has 0 unspecified atom stereocenters. The van der Waals surface area contributed by atoms with Gasteiger partial charge in [0.05, 0.1) is 27.6 Å². The van der Waals surface area contributed by atoms with Gasteiger partial charge in [-0.15, -0.1) is 0 Å². The Hall–Kier alpha value is -4.25. The van der Waals surface area contributed by atoms with Gasteiger partial charge in [0.1, 0.15) is 11.6 Å². The molecular formula is C21H15N5O3. The van der Waals surface area contributed by atoms with Crippen LogP contribution in [0.25, 0.3) is 27.6 Å². The summed E-state index contributed by atoms with van der Waals surface area (Å²) in [7, 11) is 0. The monoisotopic (exact) mass is 385 g/mol. The van der Waals surface area contributed by atoms with Crippen LogP contribution in [0.2, 0.25) is 0 Å². The molecule has 4 aromatic rings. The summed E-state index contributed by atoms with van der Waals surface area (Å²) in [5.41, 5.74) is 2.76. The minimum absolute atomic E-state index is 0.0918. The number of carbonyl (C=O) groups excluding carboxylic acids is 1. The fourth-order valence-corrected chi connectivity index (χ4v) is 2.88. The lowest BCUT2D eigenvalue weighted by molar-refractivity contribution is 0.0334. The van der Waals surface area contributed by atoms with Crippen molar-refractivity contribution in [1.29, 1.82) is 5.26 Å². The standard InChI is InChI=1S/C21H15N5O3/c1-12(29-21(28)13-6-7-15-18(10-13)24-9-8-23-15)19(27)14(11-22)20-25-16-4-2-3-5-17(16)26-20/h2-10,12,27H,1H3,(H,25,26)/b19-14-/t12-/m0/s1. The number of esters is 1. The second-order valence-electron chi connectivity index (χ2n) is 6.28. The largest absolute Gasteiger partial charge is 0.507 e. The number of aromatic nitrogens is 4. The third-order valence-electron chi connectivity index (χ3n) is 4.37. The number of para-hydroxylation sites is 2. The van der Waals surface area contributed by atoms with Crippen molar-refractivity contribution in [2.75, 3.05) is 0 Å². The first kappa shape index (κ1) is 18.1. The second kappa shape index (κ2) is 7.40. The van der Waals surface area contributed by atoms with Crippen LogP contribution >= 0.6 is 0 Å². The molecule has 0 fully saturated rings. The lowest BCUT2D eigenvalue weighted by atomic mass is 10.1. The zero-order chi connectivity index (χ0) is 20.4. The SMILES string of the molecule is C[C@H](OC(=O)c1ccc2nccnc2c1)/C(O)=C(\C#N)c1nc2ccccc2[nH]1. The maximum Gasteiger partial charge on any atom is 0.338 e. The average Bonchev–Trinajstić information content (AvgIpc) is 3.17. The van der Waals surface area contributed by atoms with Gasteiger partial charge in [-0.2, -0.15) is 5.26 Å². The van der Waals surface area contributed by atoms with Crippen molar-refractivity contribution in [1.82, 2.24) is 19.9 Å². The van der Waals surface area contributed by atoms with E-state index in [1.807, 2.05) is 24.3 Å². The molecule has 2 N–H and O–H groups in total. The Labute approximate surface area is 165 Å². The number of nitrogens with zero attached hydrogens (tertiary/aromatic N) is 4. The molecule has 0 spiro atoms. The van der Waals surface area contributed by atoms with Crippen LogP contribution in [0.5, 0.6) is 0 Å². The third kappa shape index (κ3) is 3.49. The van der Waals surface area contributed by atoms with E-state index in [1.165, 1.54) is 13.1 Å². The van der Waals surface area contributed by atoms with Crippen LogP contribution in [-0.2, 0) is 4.74 Å². The molecule has 0 aliphatic rings. The molecule has 8 heteroatoms. The van der Waals surface area contributed by atoms with E-state index in [9.17, 15) is 15.2 Å². The van der Waals surface area contributed by atoms with E-state index < -0.39 is 12.1 Å². The zero-order valence-corrected chi connectivity index (χ0v) is 15.3. The Morgan fingerprint density at radius 2 is 1.90 bits per heavy atom. The number of aromatic amines is 1.